The number of furan rings is 1. The van der Waals surface area contributed by atoms with Crippen LogP contribution in [-0.2, 0) is 0 Å². The van der Waals surface area contributed by atoms with Crippen LogP contribution in [0, 0.1) is 5.82 Å². The van der Waals surface area contributed by atoms with Gasteiger partial charge in [0.1, 0.15) is 11.6 Å². The van der Waals surface area contributed by atoms with Crippen LogP contribution in [0.1, 0.15) is 17.0 Å². The van der Waals surface area contributed by atoms with E-state index in [1.807, 2.05) is 24.3 Å². The lowest BCUT2D eigenvalue weighted by Gasteiger charge is -2.18. The zero-order chi connectivity index (χ0) is 18.8. The third-order valence-electron chi connectivity index (χ3n) is 4.65. The second-order valence-corrected chi connectivity index (χ2v) is 6.67. The highest BCUT2D eigenvalue weighted by atomic mass is 19.1. The lowest BCUT2D eigenvalue weighted by molar-refractivity contribution is 0.0997. The molecule has 3 N–H and O–H groups in total. The number of benzene rings is 2. The van der Waals surface area contributed by atoms with Crippen LogP contribution >= 0.6 is 0 Å². The fraction of sp³-hybridized carbons (Fsp3) is 0.190. The van der Waals surface area contributed by atoms with E-state index in [-0.39, 0.29) is 23.5 Å². The summed E-state index contributed by atoms with van der Waals surface area (Å²) in [4.78, 5) is 14.6. The molecule has 0 bridgehead atoms. The number of nitrogens with one attached hydrogen (secondary N) is 1. The molecule has 0 spiro atoms. The molecule has 1 aliphatic heterocycles. The first kappa shape index (κ1) is 17.3. The van der Waals surface area contributed by atoms with Crippen LogP contribution in [0.2, 0.25) is 0 Å². The Bertz CT molecular complexity index is 952. The molecule has 138 valence electrons. The average Bonchev–Trinajstić information content (AvgIpc) is 3.32. The van der Waals surface area contributed by atoms with E-state index in [0.29, 0.717) is 17.0 Å². The third kappa shape index (κ3) is 3.85. The lowest BCUT2D eigenvalue weighted by atomic mass is 10.2. The summed E-state index contributed by atoms with van der Waals surface area (Å²) in [6.45, 7) is 1.79. The predicted molar refractivity (Wildman–Crippen MR) is 103 cm³/mol. The molecule has 6 heteroatoms. The van der Waals surface area contributed by atoms with Gasteiger partial charge in [-0.3, -0.25) is 4.79 Å². The number of rotatable bonds is 4. The van der Waals surface area contributed by atoms with E-state index in [9.17, 15) is 9.18 Å². The van der Waals surface area contributed by atoms with Crippen LogP contribution < -0.4 is 16.0 Å². The number of hydrogen-bond acceptors (Lipinski definition) is 4. The van der Waals surface area contributed by atoms with Gasteiger partial charge in [0.2, 0.25) is 0 Å². The molecule has 3 aromatic rings. The number of nitrogens with two attached hydrogens (primary N) is 1. The van der Waals surface area contributed by atoms with E-state index in [0.717, 1.165) is 25.2 Å². The number of halogens is 1. The number of carbonyl (C=O) groups is 1. The Morgan fingerprint density at radius 2 is 1.96 bits per heavy atom. The summed E-state index contributed by atoms with van der Waals surface area (Å²) in [5.41, 5.74) is 8.30. The second kappa shape index (κ2) is 7.25. The van der Waals surface area contributed by atoms with Crippen LogP contribution in [-0.4, -0.2) is 25.0 Å². The van der Waals surface area contributed by atoms with Gasteiger partial charge in [-0.2, -0.15) is 0 Å². The molecule has 1 amide bonds. The molecule has 0 saturated carbocycles. The van der Waals surface area contributed by atoms with Crippen molar-refractivity contribution in [2.24, 2.45) is 5.73 Å². The maximum Gasteiger partial charge on any atom is 0.291 e. The van der Waals surface area contributed by atoms with Crippen LogP contribution in [0.25, 0.3) is 11.3 Å². The molecule has 2 aromatic carbocycles. The van der Waals surface area contributed by atoms with Gasteiger partial charge in [0, 0.05) is 36.1 Å². The first-order valence-corrected chi connectivity index (χ1v) is 8.86. The minimum atomic E-state index is -0.353. The molecule has 0 radical (unpaired) electrons. The molecule has 1 aromatic heterocycles. The number of hydrogen-bond donors (Lipinski definition) is 2. The maximum absolute atomic E-state index is 13.3. The highest BCUT2D eigenvalue weighted by Crippen LogP contribution is 2.25. The van der Waals surface area contributed by atoms with Gasteiger partial charge in [0.15, 0.2) is 5.76 Å². The summed E-state index contributed by atoms with van der Waals surface area (Å²) in [7, 11) is 0. The topological polar surface area (TPSA) is 71.5 Å². The van der Waals surface area contributed by atoms with Gasteiger partial charge in [-0.25, -0.2) is 4.39 Å². The van der Waals surface area contributed by atoms with E-state index in [2.05, 4.69) is 10.2 Å². The van der Waals surface area contributed by atoms with Crippen LogP contribution in [0.3, 0.4) is 0 Å². The molecular formula is C21H20FN3O2. The van der Waals surface area contributed by atoms with Crippen LogP contribution in [0.4, 0.5) is 15.8 Å². The number of nitrogens with zero attached hydrogens (tertiary/aromatic N) is 1. The van der Waals surface area contributed by atoms with Crippen molar-refractivity contribution in [1.82, 2.24) is 0 Å². The minimum Gasteiger partial charge on any atom is -0.451 e. The fourth-order valence-electron chi connectivity index (χ4n) is 3.23. The van der Waals surface area contributed by atoms with Crippen molar-refractivity contribution < 1.29 is 13.6 Å². The summed E-state index contributed by atoms with van der Waals surface area (Å²) in [5.74, 6) is -0.0910. The van der Waals surface area contributed by atoms with Gasteiger partial charge in [-0.05, 0) is 55.0 Å². The predicted octanol–water partition coefficient (Wildman–Crippen LogP) is 3.88. The Labute approximate surface area is 156 Å². The summed E-state index contributed by atoms with van der Waals surface area (Å²) >= 11 is 0. The quantitative estimate of drug-likeness (QED) is 0.736. The van der Waals surface area contributed by atoms with Crippen molar-refractivity contribution in [3.63, 3.8) is 0 Å². The lowest BCUT2D eigenvalue weighted by Crippen LogP contribution is -2.26. The zero-order valence-corrected chi connectivity index (χ0v) is 14.7. The van der Waals surface area contributed by atoms with Gasteiger partial charge in [-0.15, -0.1) is 0 Å². The molecule has 0 aliphatic carbocycles. The van der Waals surface area contributed by atoms with Crippen molar-refractivity contribution in [3.05, 3.63) is 72.2 Å². The van der Waals surface area contributed by atoms with E-state index in [1.54, 1.807) is 24.3 Å². The van der Waals surface area contributed by atoms with E-state index in [4.69, 9.17) is 10.2 Å². The van der Waals surface area contributed by atoms with Gasteiger partial charge >= 0.3 is 0 Å². The Balaban J connectivity index is 1.43. The van der Waals surface area contributed by atoms with E-state index < -0.39 is 0 Å². The Morgan fingerprint density at radius 1 is 1.15 bits per heavy atom. The largest absolute Gasteiger partial charge is 0.451 e. The monoisotopic (exact) mass is 365 g/mol. The number of carbonyl (C=O) groups excluding carboxylic acids is 1. The molecule has 2 heterocycles. The molecule has 1 fully saturated rings. The van der Waals surface area contributed by atoms with Crippen LogP contribution in [0.5, 0.6) is 0 Å². The highest BCUT2D eigenvalue weighted by Gasteiger charge is 2.19. The summed E-state index contributed by atoms with van der Waals surface area (Å²) < 4.78 is 18.9. The van der Waals surface area contributed by atoms with Crippen molar-refractivity contribution in [1.29, 1.82) is 0 Å². The van der Waals surface area contributed by atoms with E-state index >= 15 is 0 Å². The van der Waals surface area contributed by atoms with Crippen molar-refractivity contribution in [3.8, 4) is 11.3 Å². The van der Waals surface area contributed by atoms with Crippen molar-refractivity contribution in [2.45, 2.75) is 12.5 Å². The van der Waals surface area contributed by atoms with Crippen molar-refractivity contribution in [2.75, 3.05) is 23.3 Å². The molecule has 27 heavy (non-hydrogen) atoms. The Hall–Kier alpha value is -3.12. The first-order chi connectivity index (χ1) is 13.1. The van der Waals surface area contributed by atoms with E-state index in [1.165, 1.54) is 12.1 Å². The molecule has 1 unspecified atom stereocenters. The second-order valence-electron chi connectivity index (χ2n) is 6.67. The molecule has 1 atom stereocenters. The number of anilines is 2. The SMILES string of the molecule is NC1CCN(c2ccc(NC(=O)c3ccc(-c4cccc(F)c4)o3)cc2)C1. The summed E-state index contributed by atoms with van der Waals surface area (Å²) in [6.07, 6.45) is 0.991. The molecule has 1 saturated heterocycles. The summed E-state index contributed by atoms with van der Waals surface area (Å²) in [6, 6.07) is 17.1. The minimum absolute atomic E-state index is 0.170. The van der Waals surface area contributed by atoms with Crippen LogP contribution in [0.15, 0.2) is 65.1 Å². The molecular weight excluding hydrogens is 345 g/mol. The normalized spacial score (nSPS) is 16.5. The van der Waals surface area contributed by atoms with Gasteiger partial charge in [-0.1, -0.05) is 12.1 Å². The Morgan fingerprint density at radius 3 is 2.67 bits per heavy atom. The zero-order valence-electron chi connectivity index (χ0n) is 14.7. The van der Waals surface area contributed by atoms with Gasteiger partial charge in [0.25, 0.3) is 5.91 Å². The maximum atomic E-state index is 13.3. The third-order valence-corrected chi connectivity index (χ3v) is 4.65. The molecule has 1 aliphatic rings. The fourth-order valence-corrected chi connectivity index (χ4v) is 3.23. The smallest absolute Gasteiger partial charge is 0.291 e. The standard InChI is InChI=1S/C21H20FN3O2/c22-15-3-1-2-14(12-15)19-8-9-20(27-19)21(26)24-17-4-6-18(7-5-17)25-11-10-16(23)13-25/h1-9,12,16H,10-11,13,23H2,(H,24,26). The summed E-state index contributed by atoms with van der Waals surface area (Å²) in [5, 5.41) is 2.81. The van der Waals surface area contributed by atoms with Crippen molar-refractivity contribution >= 4 is 17.3 Å². The highest BCUT2D eigenvalue weighted by molar-refractivity contribution is 6.02. The number of amides is 1. The Kier molecular flexibility index (Phi) is 4.64. The van der Waals surface area contributed by atoms with Gasteiger partial charge in [0.05, 0.1) is 0 Å². The average molecular weight is 365 g/mol. The van der Waals surface area contributed by atoms with Gasteiger partial charge < -0.3 is 20.4 Å². The first-order valence-electron chi connectivity index (χ1n) is 8.86. The molecule has 4 rings (SSSR count). The molecule has 5 nitrogen and oxygen atoms in total.